The number of aromatic nitrogens is 3. The minimum absolute atomic E-state index is 0.0129. The summed E-state index contributed by atoms with van der Waals surface area (Å²) >= 11 is 0. The fourth-order valence-corrected chi connectivity index (χ4v) is 3.36. The van der Waals surface area contributed by atoms with Crippen LogP contribution in [0.3, 0.4) is 0 Å². The van der Waals surface area contributed by atoms with Crippen molar-refractivity contribution in [1.29, 1.82) is 0 Å². The van der Waals surface area contributed by atoms with Crippen LogP contribution in [0.2, 0.25) is 0 Å². The molecule has 1 saturated heterocycles. The molecule has 0 spiro atoms. The third-order valence-corrected chi connectivity index (χ3v) is 4.91. The van der Waals surface area contributed by atoms with Gasteiger partial charge in [-0.15, -0.1) is 5.10 Å². The standard InChI is InChI=1S/C21H23N5O5/c1-29-20(27)19-14-26(24-23-19)16-6-2-5-15(11-16)22-21(28)25(12-17-7-3-9-30-17)13-18-8-4-10-31-18/h2-3,5-7,9,11,14,18H,4,8,10,12-13H2,1H3,(H,22,28)/t18-/m1/s1. The molecule has 1 aromatic carbocycles. The number of methoxy groups -OCH3 is 1. The molecule has 4 rings (SSSR count). The van der Waals surface area contributed by atoms with Gasteiger partial charge in [-0.3, -0.25) is 0 Å². The van der Waals surface area contributed by atoms with Gasteiger partial charge in [-0.2, -0.15) is 0 Å². The summed E-state index contributed by atoms with van der Waals surface area (Å²) in [5, 5.41) is 10.7. The van der Waals surface area contributed by atoms with Crippen molar-refractivity contribution in [2.24, 2.45) is 0 Å². The van der Waals surface area contributed by atoms with Crippen molar-refractivity contribution in [3.05, 3.63) is 60.3 Å². The van der Waals surface area contributed by atoms with Crippen molar-refractivity contribution in [2.45, 2.75) is 25.5 Å². The van der Waals surface area contributed by atoms with Crippen LogP contribution in [0, 0.1) is 0 Å². The lowest BCUT2D eigenvalue weighted by molar-refractivity contribution is 0.0594. The molecule has 0 unspecified atom stereocenters. The molecule has 3 aromatic rings. The van der Waals surface area contributed by atoms with Crippen LogP contribution in [0.5, 0.6) is 0 Å². The topological polar surface area (TPSA) is 112 Å². The number of ether oxygens (including phenoxy) is 2. The molecular formula is C21H23N5O5. The zero-order valence-electron chi connectivity index (χ0n) is 17.1. The number of furan rings is 1. The molecule has 10 nitrogen and oxygen atoms in total. The Kier molecular flexibility index (Phi) is 6.27. The Balaban J connectivity index is 1.48. The number of nitrogens with one attached hydrogen (secondary N) is 1. The first kappa shape index (κ1) is 20.6. The Morgan fingerprint density at radius 1 is 1.32 bits per heavy atom. The molecule has 162 valence electrons. The highest BCUT2D eigenvalue weighted by Crippen LogP contribution is 2.18. The van der Waals surface area contributed by atoms with Crippen molar-refractivity contribution >= 4 is 17.7 Å². The Bertz CT molecular complexity index is 1030. The van der Waals surface area contributed by atoms with Gasteiger partial charge in [0.15, 0.2) is 5.69 Å². The second-order valence-corrected chi connectivity index (χ2v) is 7.12. The molecule has 2 amide bonds. The number of amides is 2. The van der Waals surface area contributed by atoms with E-state index < -0.39 is 5.97 Å². The van der Waals surface area contributed by atoms with Gasteiger partial charge in [-0.1, -0.05) is 11.3 Å². The highest BCUT2D eigenvalue weighted by molar-refractivity contribution is 5.89. The number of hydrogen-bond donors (Lipinski definition) is 1. The van der Waals surface area contributed by atoms with Gasteiger partial charge in [-0.05, 0) is 43.2 Å². The van der Waals surface area contributed by atoms with Gasteiger partial charge in [-0.25, -0.2) is 14.3 Å². The molecule has 2 aromatic heterocycles. The minimum Gasteiger partial charge on any atom is -0.467 e. The van der Waals surface area contributed by atoms with Gasteiger partial charge in [0.1, 0.15) is 5.76 Å². The minimum atomic E-state index is -0.571. The molecule has 0 saturated carbocycles. The Morgan fingerprint density at radius 3 is 2.97 bits per heavy atom. The van der Waals surface area contributed by atoms with Crippen LogP contribution >= 0.6 is 0 Å². The van der Waals surface area contributed by atoms with Crippen LogP contribution in [-0.4, -0.2) is 58.3 Å². The Hall–Kier alpha value is -3.66. The molecule has 3 heterocycles. The van der Waals surface area contributed by atoms with Gasteiger partial charge < -0.3 is 24.1 Å². The molecule has 0 radical (unpaired) electrons. The van der Waals surface area contributed by atoms with Gasteiger partial charge in [0.05, 0.1) is 37.9 Å². The average molecular weight is 425 g/mol. The highest BCUT2D eigenvalue weighted by atomic mass is 16.5. The first-order chi connectivity index (χ1) is 15.1. The zero-order chi connectivity index (χ0) is 21.6. The van der Waals surface area contributed by atoms with Gasteiger partial charge in [0, 0.05) is 18.8 Å². The third kappa shape index (κ3) is 5.10. The molecule has 0 bridgehead atoms. The maximum absolute atomic E-state index is 13.0. The largest absolute Gasteiger partial charge is 0.467 e. The summed E-state index contributed by atoms with van der Waals surface area (Å²) in [5.74, 6) is 0.123. The molecule has 1 atom stereocenters. The lowest BCUT2D eigenvalue weighted by atomic mass is 10.2. The van der Waals surface area contributed by atoms with Crippen molar-refractivity contribution < 1.29 is 23.5 Å². The van der Waals surface area contributed by atoms with E-state index in [0.717, 1.165) is 12.8 Å². The van der Waals surface area contributed by atoms with Crippen molar-refractivity contribution in [3.63, 3.8) is 0 Å². The summed E-state index contributed by atoms with van der Waals surface area (Å²) in [5.41, 5.74) is 1.31. The van der Waals surface area contributed by atoms with E-state index in [2.05, 4.69) is 20.4 Å². The molecule has 31 heavy (non-hydrogen) atoms. The number of hydrogen-bond acceptors (Lipinski definition) is 7. The van der Waals surface area contributed by atoms with Crippen LogP contribution in [0.4, 0.5) is 10.5 Å². The van der Waals surface area contributed by atoms with E-state index in [1.165, 1.54) is 18.0 Å². The van der Waals surface area contributed by atoms with Gasteiger partial charge in [0.25, 0.3) is 0 Å². The smallest absolute Gasteiger partial charge is 0.360 e. The second kappa shape index (κ2) is 9.43. The van der Waals surface area contributed by atoms with Crippen molar-refractivity contribution in [2.75, 3.05) is 25.6 Å². The van der Waals surface area contributed by atoms with E-state index in [1.54, 1.807) is 41.5 Å². The molecule has 1 aliphatic rings. The van der Waals surface area contributed by atoms with E-state index in [4.69, 9.17) is 9.15 Å². The summed E-state index contributed by atoms with van der Waals surface area (Å²) < 4.78 is 17.2. The van der Waals surface area contributed by atoms with Crippen LogP contribution in [0.15, 0.2) is 53.3 Å². The number of nitrogens with zero attached hydrogens (tertiary/aromatic N) is 4. The molecular weight excluding hydrogens is 402 g/mol. The number of rotatable bonds is 7. The predicted octanol–water partition coefficient (Wildman–Crippen LogP) is 2.86. The highest BCUT2D eigenvalue weighted by Gasteiger charge is 2.24. The molecule has 1 N–H and O–H groups in total. The van der Waals surface area contributed by atoms with Crippen molar-refractivity contribution in [3.8, 4) is 5.69 Å². The van der Waals surface area contributed by atoms with E-state index in [-0.39, 0.29) is 17.8 Å². The second-order valence-electron chi connectivity index (χ2n) is 7.12. The molecule has 1 fully saturated rings. The normalized spacial score (nSPS) is 15.6. The Morgan fingerprint density at radius 2 is 2.23 bits per heavy atom. The number of carbonyl (C=O) groups excluding carboxylic acids is 2. The van der Waals surface area contributed by atoms with E-state index in [0.29, 0.717) is 36.8 Å². The first-order valence-electron chi connectivity index (χ1n) is 9.93. The quantitative estimate of drug-likeness (QED) is 0.579. The predicted molar refractivity (Wildman–Crippen MR) is 110 cm³/mol. The monoisotopic (exact) mass is 425 g/mol. The van der Waals surface area contributed by atoms with Crippen LogP contribution in [-0.2, 0) is 16.0 Å². The van der Waals surface area contributed by atoms with Gasteiger partial charge in [0.2, 0.25) is 0 Å². The number of esters is 1. The maximum atomic E-state index is 13.0. The average Bonchev–Trinajstić information content (AvgIpc) is 3.55. The lowest BCUT2D eigenvalue weighted by Crippen LogP contribution is -2.39. The summed E-state index contributed by atoms with van der Waals surface area (Å²) in [6, 6.07) is 10.4. The fourth-order valence-electron chi connectivity index (χ4n) is 3.36. The van der Waals surface area contributed by atoms with Crippen LogP contribution < -0.4 is 5.32 Å². The summed E-state index contributed by atoms with van der Waals surface area (Å²) in [7, 11) is 1.28. The van der Waals surface area contributed by atoms with Gasteiger partial charge >= 0.3 is 12.0 Å². The molecule has 1 aliphatic heterocycles. The summed E-state index contributed by atoms with van der Waals surface area (Å²) in [6.07, 6.45) is 4.98. The number of urea groups is 1. The van der Waals surface area contributed by atoms with E-state index in [9.17, 15) is 9.59 Å². The zero-order valence-corrected chi connectivity index (χ0v) is 17.1. The Labute approximate surface area is 178 Å². The van der Waals surface area contributed by atoms with Crippen molar-refractivity contribution in [1.82, 2.24) is 19.9 Å². The lowest BCUT2D eigenvalue weighted by Gasteiger charge is -2.25. The SMILES string of the molecule is COC(=O)c1cn(-c2cccc(NC(=O)N(Cc3ccco3)C[C@H]3CCCO3)c2)nn1. The van der Waals surface area contributed by atoms with E-state index in [1.807, 2.05) is 6.07 Å². The summed E-state index contributed by atoms with van der Waals surface area (Å²) in [6.45, 7) is 1.52. The number of anilines is 1. The fraction of sp³-hybridized carbons (Fsp3) is 0.333. The number of benzene rings is 1. The van der Waals surface area contributed by atoms with Crippen LogP contribution in [0.25, 0.3) is 5.69 Å². The molecule has 10 heteroatoms. The van der Waals surface area contributed by atoms with Crippen LogP contribution in [0.1, 0.15) is 29.1 Å². The maximum Gasteiger partial charge on any atom is 0.360 e. The third-order valence-electron chi connectivity index (χ3n) is 4.91. The van der Waals surface area contributed by atoms with E-state index >= 15 is 0 Å². The molecule has 0 aliphatic carbocycles. The summed E-state index contributed by atoms with van der Waals surface area (Å²) in [4.78, 5) is 26.3. The first-order valence-corrected chi connectivity index (χ1v) is 9.93. The number of carbonyl (C=O) groups is 2.